The zero-order valence-electron chi connectivity index (χ0n) is 14.4. The first-order valence-electron chi connectivity index (χ1n) is 8.32. The summed E-state index contributed by atoms with van der Waals surface area (Å²) in [6.07, 6.45) is 6.01. The van der Waals surface area contributed by atoms with Gasteiger partial charge in [-0.25, -0.2) is 0 Å². The second kappa shape index (κ2) is 8.69. The maximum atomic E-state index is 12.0. The van der Waals surface area contributed by atoms with E-state index in [0.717, 1.165) is 31.7 Å². The summed E-state index contributed by atoms with van der Waals surface area (Å²) in [6, 6.07) is 3.97. The van der Waals surface area contributed by atoms with E-state index in [-0.39, 0.29) is 17.4 Å². The maximum absolute atomic E-state index is 12.0. The van der Waals surface area contributed by atoms with Gasteiger partial charge < -0.3 is 10.1 Å². The van der Waals surface area contributed by atoms with Crippen molar-refractivity contribution in [2.75, 3.05) is 18.9 Å². The molecule has 1 N–H and O–H groups in total. The number of rotatable bonds is 6. The van der Waals surface area contributed by atoms with Crippen molar-refractivity contribution in [3.05, 3.63) is 30.1 Å². The topological polar surface area (TPSA) is 51.2 Å². The molecule has 1 aliphatic heterocycles. The monoisotopic (exact) mass is 336 g/mol. The van der Waals surface area contributed by atoms with Gasteiger partial charge in [-0.15, -0.1) is 11.8 Å². The third-order valence-electron chi connectivity index (χ3n) is 4.11. The highest BCUT2D eigenvalue weighted by atomic mass is 32.2. The van der Waals surface area contributed by atoms with Crippen molar-refractivity contribution in [1.82, 2.24) is 10.3 Å². The predicted molar refractivity (Wildman–Crippen MR) is 95.3 cm³/mol. The molecule has 1 amide bonds. The Bertz CT molecular complexity index is 488. The van der Waals surface area contributed by atoms with Crippen LogP contribution in [0.15, 0.2) is 24.5 Å². The summed E-state index contributed by atoms with van der Waals surface area (Å²) in [4.78, 5) is 16.0. The van der Waals surface area contributed by atoms with Gasteiger partial charge in [0.05, 0.1) is 11.9 Å². The highest BCUT2D eigenvalue weighted by molar-refractivity contribution is 7.99. The smallest absolute Gasteiger partial charge is 0.230 e. The molecule has 1 aromatic rings. The largest absolute Gasteiger partial charge is 0.377 e. The number of carbonyl (C=O) groups is 1. The lowest BCUT2D eigenvalue weighted by atomic mass is 9.78. The van der Waals surface area contributed by atoms with Crippen LogP contribution < -0.4 is 5.32 Å². The fourth-order valence-electron chi connectivity index (χ4n) is 3.05. The predicted octanol–water partition coefficient (Wildman–Crippen LogP) is 3.27. The lowest BCUT2D eigenvalue weighted by Crippen LogP contribution is -2.45. The first-order chi connectivity index (χ1) is 11.0. The highest BCUT2D eigenvalue weighted by Gasteiger charge is 2.35. The lowest BCUT2D eigenvalue weighted by Gasteiger charge is -2.40. The molecular weight excluding hydrogens is 308 g/mol. The minimum Gasteiger partial charge on any atom is -0.377 e. The Labute approximate surface area is 143 Å². The normalized spacial score (nSPS) is 21.9. The van der Waals surface area contributed by atoms with Crippen LogP contribution in [0.4, 0.5) is 0 Å². The van der Waals surface area contributed by atoms with E-state index in [4.69, 9.17) is 4.74 Å². The molecule has 0 aromatic carbocycles. The van der Waals surface area contributed by atoms with Crippen LogP contribution in [0.1, 0.15) is 39.2 Å². The number of pyridine rings is 1. The van der Waals surface area contributed by atoms with Gasteiger partial charge in [0.1, 0.15) is 0 Å². The fourth-order valence-corrected chi connectivity index (χ4v) is 3.86. The Balaban J connectivity index is 1.70. The molecule has 1 fully saturated rings. The van der Waals surface area contributed by atoms with E-state index in [1.54, 1.807) is 24.2 Å². The Morgan fingerprint density at radius 1 is 1.39 bits per heavy atom. The SMILES string of the molecule is CC(C)(C)[C@H]1OCCC[C@@H]1CNC(=O)CSCc1ccncc1. The molecule has 5 heteroatoms. The van der Waals surface area contributed by atoms with Crippen LogP contribution in [0.5, 0.6) is 0 Å². The Kier molecular flexibility index (Phi) is 6.90. The number of aromatic nitrogens is 1. The van der Waals surface area contributed by atoms with Gasteiger partial charge in [0.25, 0.3) is 0 Å². The number of nitrogens with one attached hydrogen (secondary N) is 1. The molecule has 0 radical (unpaired) electrons. The molecule has 128 valence electrons. The molecule has 0 bridgehead atoms. The van der Waals surface area contributed by atoms with Crippen LogP contribution in [0.2, 0.25) is 0 Å². The zero-order valence-corrected chi connectivity index (χ0v) is 15.2. The van der Waals surface area contributed by atoms with Gasteiger partial charge in [-0.2, -0.15) is 0 Å². The number of hydrogen-bond donors (Lipinski definition) is 1. The van der Waals surface area contributed by atoms with Crippen molar-refractivity contribution in [2.45, 2.75) is 45.5 Å². The standard InChI is InChI=1S/C18H28N2O2S/c1-18(2,3)17-15(5-4-10-22-17)11-20-16(21)13-23-12-14-6-8-19-9-7-14/h6-9,15,17H,4-5,10-13H2,1-3H3,(H,20,21)/t15-,17+/m1/s1. The van der Waals surface area contributed by atoms with E-state index in [0.29, 0.717) is 11.7 Å². The quantitative estimate of drug-likeness (QED) is 0.866. The average Bonchev–Trinajstić information content (AvgIpc) is 2.53. The van der Waals surface area contributed by atoms with Gasteiger partial charge in [0.2, 0.25) is 5.91 Å². The Morgan fingerprint density at radius 3 is 2.83 bits per heavy atom. The molecule has 0 saturated carbocycles. The first-order valence-corrected chi connectivity index (χ1v) is 9.47. The van der Waals surface area contributed by atoms with Crippen LogP contribution in [0.25, 0.3) is 0 Å². The second-order valence-electron chi connectivity index (χ2n) is 7.21. The van der Waals surface area contributed by atoms with Gasteiger partial charge in [-0.1, -0.05) is 20.8 Å². The zero-order chi connectivity index (χ0) is 16.7. The van der Waals surface area contributed by atoms with Crippen LogP contribution in [0, 0.1) is 11.3 Å². The van der Waals surface area contributed by atoms with E-state index >= 15 is 0 Å². The molecule has 1 aromatic heterocycles. The van der Waals surface area contributed by atoms with Crippen molar-refractivity contribution in [2.24, 2.45) is 11.3 Å². The van der Waals surface area contributed by atoms with Gasteiger partial charge >= 0.3 is 0 Å². The third kappa shape index (κ3) is 6.15. The van der Waals surface area contributed by atoms with Crippen LogP contribution >= 0.6 is 11.8 Å². The molecule has 1 aliphatic rings. The van der Waals surface area contributed by atoms with Gasteiger partial charge in [0, 0.05) is 37.2 Å². The summed E-state index contributed by atoms with van der Waals surface area (Å²) in [5.41, 5.74) is 1.32. The van der Waals surface area contributed by atoms with Crippen molar-refractivity contribution in [1.29, 1.82) is 0 Å². The highest BCUT2D eigenvalue weighted by Crippen LogP contribution is 2.33. The number of thioether (sulfide) groups is 1. The fraction of sp³-hybridized carbons (Fsp3) is 0.667. The van der Waals surface area contributed by atoms with Crippen molar-refractivity contribution in [3.63, 3.8) is 0 Å². The summed E-state index contributed by atoms with van der Waals surface area (Å²) in [6.45, 7) is 8.19. The minimum absolute atomic E-state index is 0.113. The lowest BCUT2D eigenvalue weighted by molar-refractivity contribution is -0.120. The third-order valence-corrected chi connectivity index (χ3v) is 5.11. The van der Waals surface area contributed by atoms with E-state index in [1.807, 2.05) is 12.1 Å². The summed E-state index contributed by atoms with van der Waals surface area (Å²) >= 11 is 1.64. The van der Waals surface area contributed by atoms with Crippen molar-refractivity contribution < 1.29 is 9.53 Å². The molecule has 4 nitrogen and oxygen atoms in total. The second-order valence-corrected chi connectivity index (χ2v) is 8.20. The number of carbonyl (C=O) groups excluding carboxylic acids is 1. The number of hydrogen-bond acceptors (Lipinski definition) is 4. The van der Waals surface area contributed by atoms with E-state index in [1.165, 1.54) is 5.56 Å². The Hall–Kier alpha value is -1.07. The molecule has 2 rings (SSSR count). The number of ether oxygens (including phenoxy) is 1. The van der Waals surface area contributed by atoms with E-state index in [9.17, 15) is 4.79 Å². The number of amides is 1. The van der Waals surface area contributed by atoms with Gasteiger partial charge in [0.15, 0.2) is 0 Å². The van der Waals surface area contributed by atoms with E-state index in [2.05, 4.69) is 31.1 Å². The summed E-state index contributed by atoms with van der Waals surface area (Å²) in [5, 5.41) is 3.09. The van der Waals surface area contributed by atoms with Crippen molar-refractivity contribution >= 4 is 17.7 Å². The molecular formula is C18H28N2O2S. The van der Waals surface area contributed by atoms with Crippen LogP contribution in [-0.4, -0.2) is 35.9 Å². The maximum Gasteiger partial charge on any atom is 0.230 e. The number of nitrogens with zero attached hydrogens (tertiary/aromatic N) is 1. The molecule has 0 aliphatic carbocycles. The molecule has 23 heavy (non-hydrogen) atoms. The Morgan fingerprint density at radius 2 is 2.13 bits per heavy atom. The first kappa shape index (κ1) is 18.3. The minimum atomic E-state index is 0.113. The van der Waals surface area contributed by atoms with Crippen LogP contribution in [0.3, 0.4) is 0 Å². The molecule has 2 heterocycles. The summed E-state index contributed by atoms with van der Waals surface area (Å²) < 4.78 is 5.96. The van der Waals surface area contributed by atoms with Gasteiger partial charge in [-0.3, -0.25) is 9.78 Å². The van der Waals surface area contributed by atoms with Crippen LogP contribution in [-0.2, 0) is 15.3 Å². The van der Waals surface area contributed by atoms with E-state index < -0.39 is 0 Å². The average molecular weight is 337 g/mol. The molecule has 2 atom stereocenters. The molecule has 1 saturated heterocycles. The molecule has 0 spiro atoms. The summed E-state index contributed by atoms with van der Waals surface area (Å²) in [5.74, 6) is 1.86. The van der Waals surface area contributed by atoms with Gasteiger partial charge in [-0.05, 0) is 36.0 Å². The summed E-state index contributed by atoms with van der Waals surface area (Å²) in [7, 11) is 0. The van der Waals surface area contributed by atoms with Crippen molar-refractivity contribution in [3.8, 4) is 0 Å². The molecule has 0 unspecified atom stereocenters.